The molecule has 1 atom stereocenters. The minimum atomic E-state index is -3.94. The van der Waals surface area contributed by atoms with Crippen LogP contribution in [0.1, 0.15) is 11.1 Å². The number of rotatable bonds is 9. The predicted octanol–water partition coefficient (Wildman–Crippen LogP) is 2.70. The number of fused-ring (bicyclic) bond motifs is 1. The van der Waals surface area contributed by atoms with Crippen LogP contribution in [0, 0.1) is 0 Å². The fraction of sp³-hybridized carbons (Fsp3) is 0.231. The van der Waals surface area contributed by atoms with Crippen LogP contribution in [-0.4, -0.2) is 64.3 Å². The Hall–Kier alpha value is -3.74. The lowest BCUT2D eigenvalue weighted by Crippen LogP contribution is -2.52. The summed E-state index contributed by atoms with van der Waals surface area (Å²) in [6, 6.07) is 22.4. The van der Waals surface area contributed by atoms with E-state index in [2.05, 4.69) is 20.8 Å². The van der Waals surface area contributed by atoms with E-state index in [1.54, 1.807) is 16.8 Å². The number of tetrazole rings is 1. The highest BCUT2D eigenvalue weighted by Gasteiger charge is 2.39. The number of hydrogen-bond donors (Lipinski definition) is 1. The molecule has 196 valence electrons. The van der Waals surface area contributed by atoms with E-state index in [9.17, 15) is 13.2 Å². The number of aromatic nitrogens is 4. The largest absolute Gasteiger partial charge is 0.497 e. The molecular formula is C26H26N6O4S2. The first-order valence-electron chi connectivity index (χ1n) is 11.9. The van der Waals surface area contributed by atoms with Crippen molar-refractivity contribution < 1.29 is 17.9 Å². The van der Waals surface area contributed by atoms with Crippen LogP contribution < -0.4 is 10.1 Å². The molecule has 0 aliphatic carbocycles. The fourth-order valence-corrected chi connectivity index (χ4v) is 6.60. The minimum Gasteiger partial charge on any atom is -0.497 e. The number of nitrogens with one attached hydrogen (secondary N) is 1. The van der Waals surface area contributed by atoms with Crippen molar-refractivity contribution in [2.75, 3.05) is 19.4 Å². The monoisotopic (exact) mass is 550 g/mol. The van der Waals surface area contributed by atoms with Crippen molar-refractivity contribution in [1.29, 1.82) is 0 Å². The summed E-state index contributed by atoms with van der Waals surface area (Å²) < 4.78 is 35.4. The zero-order valence-corrected chi connectivity index (χ0v) is 22.2. The number of para-hydroxylation sites is 1. The number of methoxy groups -OCH3 is 1. The molecule has 0 spiro atoms. The number of thioether (sulfide) groups is 1. The molecule has 10 nitrogen and oxygen atoms in total. The summed E-state index contributed by atoms with van der Waals surface area (Å²) in [6.07, 6.45) is 0.288. The summed E-state index contributed by atoms with van der Waals surface area (Å²) in [5, 5.41) is 15.4. The molecule has 4 aromatic rings. The van der Waals surface area contributed by atoms with Gasteiger partial charge in [-0.1, -0.05) is 54.2 Å². The molecular weight excluding hydrogens is 524 g/mol. The van der Waals surface area contributed by atoms with E-state index in [-0.39, 0.29) is 23.8 Å². The lowest BCUT2D eigenvalue weighted by atomic mass is 9.95. The van der Waals surface area contributed by atoms with E-state index < -0.39 is 16.1 Å². The quantitative estimate of drug-likeness (QED) is 0.250. The summed E-state index contributed by atoms with van der Waals surface area (Å²) in [6.45, 7) is 0.433. The molecule has 0 fully saturated rings. The number of hydrogen-bond acceptors (Lipinski definition) is 8. The smallest absolute Gasteiger partial charge is 0.244 e. The molecule has 3 aromatic carbocycles. The van der Waals surface area contributed by atoms with Crippen molar-refractivity contribution in [1.82, 2.24) is 29.8 Å². The SMILES string of the molecule is COc1ccc(S(=O)(=O)N2Cc3ccccc3CC2C(=O)NCCSc2nnnn2-c2ccccc2)cc1. The topological polar surface area (TPSA) is 119 Å². The summed E-state index contributed by atoms with van der Waals surface area (Å²) in [5.41, 5.74) is 2.69. The minimum absolute atomic E-state index is 0.110. The normalized spacial score (nSPS) is 15.6. The molecule has 0 saturated carbocycles. The first kappa shape index (κ1) is 25.9. The summed E-state index contributed by atoms with van der Waals surface area (Å²) >= 11 is 1.40. The van der Waals surface area contributed by atoms with Gasteiger partial charge in [-0.25, -0.2) is 8.42 Å². The highest BCUT2D eigenvalue weighted by atomic mass is 32.2. The zero-order chi connectivity index (χ0) is 26.5. The second-order valence-electron chi connectivity index (χ2n) is 8.56. The van der Waals surface area contributed by atoms with Crippen molar-refractivity contribution >= 4 is 27.7 Å². The predicted molar refractivity (Wildman–Crippen MR) is 143 cm³/mol. The Kier molecular flexibility index (Phi) is 7.72. The molecule has 1 aliphatic heterocycles. The van der Waals surface area contributed by atoms with Gasteiger partial charge in [0.15, 0.2) is 0 Å². The molecule has 1 aliphatic rings. The zero-order valence-electron chi connectivity index (χ0n) is 20.6. The molecule has 1 N–H and O–H groups in total. The Morgan fingerprint density at radius 1 is 1.03 bits per heavy atom. The maximum absolute atomic E-state index is 13.6. The number of benzene rings is 3. The van der Waals surface area contributed by atoms with Gasteiger partial charge in [-0.15, -0.1) is 5.10 Å². The Balaban J connectivity index is 1.29. The maximum atomic E-state index is 13.6. The fourth-order valence-electron chi connectivity index (χ4n) is 4.29. The first-order valence-corrected chi connectivity index (χ1v) is 14.4. The van der Waals surface area contributed by atoms with Crippen LogP contribution >= 0.6 is 11.8 Å². The van der Waals surface area contributed by atoms with Crippen molar-refractivity contribution in [2.45, 2.75) is 29.1 Å². The van der Waals surface area contributed by atoms with Crippen molar-refractivity contribution in [3.8, 4) is 11.4 Å². The van der Waals surface area contributed by atoms with E-state index in [0.29, 0.717) is 23.2 Å². The van der Waals surface area contributed by atoms with Crippen LogP contribution in [0.25, 0.3) is 5.69 Å². The van der Waals surface area contributed by atoms with E-state index in [1.807, 2.05) is 54.6 Å². The van der Waals surface area contributed by atoms with Gasteiger partial charge in [0.25, 0.3) is 0 Å². The van der Waals surface area contributed by atoms with Gasteiger partial charge in [-0.2, -0.15) is 8.99 Å². The lowest BCUT2D eigenvalue weighted by molar-refractivity contribution is -0.125. The van der Waals surface area contributed by atoms with Gasteiger partial charge in [-0.3, -0.25) is 4.79 Å². The van der Waals surface area contributed by atoms with Gasteiger partial charge >= 0.3 is 0 Å². The summed E-state index contributed by atoms with van der Waals surface area (Å²) in [7, 11) is -2.42. The number of sulfonamides is 1. The second-order valence-corrected chi connectivity index (χ2v) is 11.5. The lowest BCUT2D eigenvalue weighted by Gasteiger charge is -2.35. The molecule has 1 amide bonds. The molecule has 5 rings (SSSR count). The molecule has 38 heavy (non-hydrogen) atoms. The van der Waals surface area contributed by atoms with Crippen LogP contribution in [0.2, 0.25) is 0 Å². The molecule has 0 radical (unpaired) electrons. The molecule has 1 aromatic heterocycles. The third-order valence-electron chi connectivity index (χ3n) is 6.25. The average Bonchev–Trinajstić information content (AvgIpc) is 3.43. The number of ether oxygens (including phenoxy) is 1. The average molecular weight is 551 g/mol. The standard InChI is InChI=1S/C26H26N6O4S2/c1-36-22-11-13-23(14-12-22)38(34,35)31-18-20-8-6-5-7-19(20)17-24(31)25(33)27-15-16-37-26-28-29-30-32(26)21-9-3-2-4-10-21/h2-14,24H,15-18H2,1H3,(H,27,33). The van der Waals surface area contributed by atoms with Crippen LogP contribution in [0.5, 0.6) is 5.75 Å². The van der Waals surface area contributed by atoms with Crippen molar-refractivity contribution in [3.63, 3.8) is 0 Å². The molecule has 1 unspecified atom stereocenters. The molecule has 12 heteroatoms. The number of carbonyl (C=O) groups excluding carboxylic acids is 1. The number of carbonyl (C=O) groups is 1. The second kappa shape index (κ2) is 11.3. The Morgan fingerprint density at radius 2 is 1.74 bits per heavy atom. The van der Waals surface area contributed by atoms with Crippen LogP contribution in [0.3, 0.4) is 0 Å². The van der Waals surface area contributed by atoms with Crippen molar-refractivity contribution in [2.24, 2.45) is 0 Å². The van der Waals surface area contributed by atoms with Gasteiger partial charge in [0, 0.05) is 18.8 Å². The summed E-state index contributed by atoms with van der Waals surface area (Å²) in [4.78, 5) is 13.5. The van der Waals surface area contributed by atoms with Crippen LogP contribution in [0.15, 0.2) is 88.9 Å². The van der Waals surface area contributed by atoms with Gasteiger partial charge < -0.3 is 10.1 Å². The Bertz CT molecular complexity index is 1510. The highest BCUT2D eigenvalue weighted by Crippen LogP contribution is 2.30. The summed E-state index contributed by atoms with van der Waals surface area (Å²) in [5.74, 6) is 0.714. The van der Waals surface area contributed by atoms with Gasteiger partial charge in [-0.05, 0) is 64.4 Å². The van der Waals surface area contributed by atoms with E-state index >= 15 is 0 Å². The van der Waals surface area contributed by atoms with Gasteiger partial charge in [0.05, 0.1) is 17.7 Å². The number of nitrogens with zero attached hydrogens (tertiary/aromatic N) is 5. The van der Waals surface area contributed by atoms with Crippen LogP contribution in [-0.2, 0) is 27.8 Å². The van der Waals surface area contributed by atoms with Gasteiger partial charge in [0.2, 0.25) is 21.1 Å². The molecule has 0 saturated heterocycles. The Morgan fingerprint density at radius 3 is 2.47 bits per heavy atom. The third kappa shape index (κ3) is 5.42. The molecule has 0 bridgehead atoms. The molecule has 2 heterocycles. The third-order valence-corrected chi connectivity index (χ3v) is 9.04. The van der Waals surface area contributed by atoms with E-state index in [1.165, 1.54) is 35.3 Å². The van der Waals surface area contributed by atoms with Crippen LogP contribution in [0.4, 0.5) is 0 Å². The first-order chi connectivity index (χ1) is 18.5. The number of amides is 1. The Labute approximate surface area is 225 Å². The van der Waals surface area contributed by atoms with Crippen molar-refractivity contribution in [3.05, 3.63) is 90.0 Å². The maximum Gasteiger partial charge on any atom is 0.244 e. The van der Waals surface area contributed by atoms with E-state index in [4.69, 9.17) is 4.74 Å². The van der Waals surface area contributed by atoms with Gasteiger partial charge in [0.1, 0.15) is 11.8 Å². The highest BCUT2D eigenvalue weighted by molar-refractivity contribution is 7.99. The van der Waals surface area contributed by atoms with E-state index in [0.717, 1.165) is 16.8 Å².